The molecule has 0 radical (unpaired) electrons. The Labute approximate surface area is 165 Å². The average molecular weight is 404 g/mol. The summed E-state index contributed by atoms with van der Waals surface area (Å²) in [6.45, 7) is -0.145. The molecular formula is C18H20N4O5S. The Morgan fingerprint density at radius 3 is 2.68 bits per heavy atom. The molecule has 0 saturated heterocycles. The van der Waals surface area contributed by atoms with Gasteiger partial charge in [0.2, 0.25) is 5.91 Å². The zero-order valence-electron chi connectivity index (χ0n) is 15.1. The van der Waals surface area contributed by atoms with E-state index in [-0.39, 0.29) is 36.1 Å². The Hall–Kier alpha value is -2.85. The second-order valence-electron chi connectivity index (χ2n) is 6.25. The molecule has 0 bridgehead atoms. The van der Waals surface area contributed by atoms with E-state index >= 15 is 0 Å². The van der Waals surface area contributed by atoms with Gasteiger partial charge in [-0.2, -0.15) is 0 Å². The lowest BCUT2D eigenvalue weighted by Crippen LogP contribution is -2.53. The molecule has 1 aromatic carbocycles. The highest BCUT2D eigenvalue weighted by Gasteiger charge is 2.36. The summed E-state index contributed by atoms with van der Waals surface area (Å²) < 4.78 is 10.1. The molecule has 1 aliphatic rings. The molecule has 10 heteroatoms. The van der Waals surface area contributed by atoms with Crippen LogP contribution in [0.2, 0.25) is 0 Å². The van der Waals surface area contributed by atoms with Crippen molar-refractivity contribution in [2.45, 2.75) is 18.9 Å². The third kappa shape index (κ3) is 5.11. The number of hydrogen-bond donors (Lipinski definition) is 3. The minimum atomic E-state index is -0.438. The number of benzene rings is 1. The number of carbonyl (C=O) groups is 3. The first-order chi connectivity index (χ1) is 13.6. The largest absolute Gasteiger partial charge is 0.355 e. The van der Waals surface area contributed by atoms with Crippen LogP contribution in [0.4, 0.5) is 0 Å². The van der Waals surface area contributed by atoms with Gasteiger partial charge in [0.25, 0.3) is 11.8 Å². The molecule has 1 aliphatic carbocycles. The lowest BCUT2D eigenvalue weighted by molar-refractivity contribution is -0.134. The van der Waals surface area contributed by atoms with E-state index in [1.165, 1.54) is 0 Å². The van der Waals surface area contributed by atoms with E-state index < -0.39 is 5.91 Å². The van der Waals surface area contributed by atoms with Crippen LogP contribution >= 0.6 is 12.0 Å². The fourth-order valence-corrected chi connectivity index (χ4v) is 2.94. The van der Waals surface area contributed by atoms with Gasteiger partial charge in [-0.25, -0.2) is 0 Å². The molecule has 1 saturated carbocycles. The summed E-state index contributed by atoms with van der Waals surface area (Å²) in [5.41, 5.74) is 5.65. The maximum atomic E-state index is 12.3. The second-order valence-corrected chi connectivity index (χ2v) is 6.82. The van der Waals surface area contributed by atoms with Crippen LogP contribution < -0.4 is 16.2 Å². The molecule has 0 atom stereocenters. The van der Waals surface area contributed by atoms with Crippen molar-refractivity contribution in [1.29, 1.82) is 0 Å². The van der Waals surface area contributed by atoms with Crippen molar-refractivity contribution in [3.8, 4) is 11.3 Å². The van der Waals surface area contributed by atoms with Crippen LogP contribution in [0.1, 0.15) is 23.3 Å². The summed E-state index contributed by atoms with van der Waals surface area (Å²) in [5, 5.41) is 6.63. The predicted molar refractivity (Wildman–Crippen MR) is 102 cm³/mol. The van der Waals surface area contributed by atoms with E-state index in [0.717, 1.165) is 17.6 Å². The molecule has 9 nitrogen and oxygen atoms in total. The van der Waals surface area contributed by atoms with Crippen LogP contribution in [0.15, 0.2) is 40.9 Å². The Morgan fingerprint density at radius 1 is 1.21 bits per heavy atom. The summed E-state index contributed by atoms with van der Waals surface area (Å²) in [6.07, 6.45) is 2.66. The summed E-state index contributed by atoms with van der Waals surface area (Å²) in [4.78, 5) is 35.6. The third-order valence-corrected chi connectivity index (χ3v) is 4.63. The van der Waals surface area contributed by atoms with Crippen molar-refractivity contribution in [2.75, 3.05) is 12.9 Å². The van der Waals surface area contributed by atoms with Crippen molar-refractivity contribution in [2.24, 2.45) is 5.92 Å². The van der Waals surface area contributed by atoms with Crippen LogP contribution in [0.5, 0.6) is 0 Å². The molecule has 3 N–H and O–H groups in total. The molecule has 148 valence electrons. The van der Waals surface area contributed by atoms with Crippen LogP contribution in [0.25, 0.3) is 11.3 Å². The van der Waals surface area contributed by atoms with Crippen molar-refractivity contribution in [1.82, 2.24) is 21.3 Å². The fourth-order valence-electron chi connectivity index (χ4n) is 2.71. The zero-order chi connectivity index (χ0) is 19.9. The molecular weight excluding hydrogens is 384 g/mol. The quantitative estimate of drug-likeness (QED) is 0.469. The van der Waals surface area contributed by atoms with Gasteiger partial charge in [-0.05, 0) is 24.9 Å². The highest BCUT2D eigenvalue weighted by molar-refractivity contribution is 7.93. The SMILES string of the molecule is CSOCC(=O)NNC(=O)[C@H]1C[C@H](NC(=O)c2cc(-c3ccccc3)on2)C1. The minimum absolute atomic E-state index is 0.129. The number of nitrogens with zero attached hydrogens (tertiary/aromatic N) is 1. The van der Waals surface area contributed by atoms with Gasteiger partial charge in [-0.1, -0.05) is 35.5 Å². The van der Waals surface area contributed by atoms with E-state index in [9.17, 15) is 14.4 Å². The number of hydrazine groups is 1. The van der Waals surface area contributed by atoms with Crippen LogP contribution in [0, 0.1) is 5.92 Å². The number of nitrogens with one attached hydrogen (secondary N) is 3. The zero-order valence-corrected chi connectivity index (χ0v) is 16.0. The maximum Gasteiger partial charge on any atom is 0.273 e. The Kier molecular flexibility index (Phi) is 6.66. The van der Waals surface area contributed by atoms with Crippen molar-refractivity contribution in [3.63, 3.8) is 0 Å². The van der Waals surface area contributed by atoms with E-state index in [1.807, 2.05) is 30.3 Å². The van der Waals surface area contributed by atoms with Gasteiger partial charge in [-0.3, -0.25) is 25.2 Å². The fraction of sp³-hybridized carbons (Fsp3) is 0.333. The van der Waals surface area contributed by atoms with Crippen molar-refractivity contribution < 1.29 is 23.1 Å². The van der Waals surface area contributed by atoms with Gasteiger partial charge in [-0.15, -0.1) is 0 Å². The Bertz CT molecular complexity index is 836. The number of aromatic nitrogens is 1. The van der Waals surface area contributed by atoms with Crippen molar-refractivity contribution >= 4 is 29.8 Å². The summed E-state index contributed by atoms with van der Waals surface area (Å²) in [7, 11) is 0. The number of hydrogen-bond acceptors (Lipinski definition) is 7. The molecule has 0 unspecified atom stereocenters. The number of carbonyl (C=O) groups excluding carboxylic acids is 3. The van der Waals surface area contributed by atoms with Gasteiger partial charge in [0, 0.05) is 29.8 Å². The van der Waals surface area contributed by atoms with E-state index in [4.69, 9.17) is 8.71 Å². The number of amides is 3. The average Bonchev–Trinajstić information content (AvgIpc) is 3.18. The van der Waals surface area contributed by atoms with Gasteiger partial charge in [0.05, 0.1) is 0 Å². The summed E-state index contributed by atoms with van der Waals surface area (Å²) in [5.74, 6) is -0.845. The van der Waals surface area contributed by atoms with E-state index in [2.05, 4.69) is 21.3 Å². The van der Waals surface area contributed by atoms with Gasteiger partial charge >= 0.3 is 0 Å². The predicted octanol–water partition coefficient (Wildman–Crippen LogP) is 1.29. The van der Waals surface area contributed by atoms with E-state index in [0.29, 0.717) is 18.6 Å². The standard InChI is InChI=1S/C18H20N4O5S/c1-28-26-10-16(23)20-21-17(24)12-7-13(8-12)19-18(25)14-9-15(27-22-14)11-5-3-2-4-6-11/h2-6,9,12-13H,7-8,10H2,1H3,(H,19,25)(H,20,23)(H,21,24)/t12-,13-. The lowest BCUT2D eigenvalue weighted by Gasteiger charge is -2.34. The molecule has 3 rings (SSSR count). The molecule has 0 spiro atoms. The minimum Gasteiger partial charge on any atom is -0.355 e. The molecule has 0 aliphatic heterocycles. The van der Waals surface area contributed by atoms with E-state index in [1.54, 1.807) is 12.3 Å². The topological polar surface area (TPSA) is 123 Å². The highest BCUT2D eigenvalue weighted by atomic mass is 32.2. The first-order valence-electron chi connectivity index (χ1n) is 8.64. The third-order valence-electron chi connectivity index (χ3n) is 4.28. The first-order valence-corrected chi connectivity index (χ1v) is 9.79. The Balaban J connectivity index is 1.41. The number of rotatable bonds is 7. The smallest absolute Gasteiger partial charge is 0.273 e. The van der Waals surface area contributed by atoms with Crippen LogP contribution in [-0.2, 0) is 13.8 Å². The molecule has 28 heavy (non-hydrogen) atoms. The summed E-state index contributed by atoms with van der Waals surface area (Å²) in [6, 6.07) is 10.8. The van der Waals surface area contributed by atoms with Crippen LogP contribution in [-0.4, -0.2) is 41.8 Å². The molecule has 1 aromatic heterocycles. The normalized spacial score (nSPS) is 18.0. The van der Waals surface area contributed by atoms with Gasteiger partial charge in [0.1, 0.15) is 6.61 Å². The first kappa shape index (κ1) is 19.9. The summed E-state index contributed by atoms with van der Waals surface area (Å²) >= 11 is 1.06. The highest BCUT2D eigenvalue weighted by Crippen LogP contribution is 2.28. The van der Waals surface area contributed by atoms with Crippen molar-refractivity contribution in [3.05, 3.63) is 42.1 Å². The molecule has 3 amide bonds. The van der Waals surface area contributed by atoms with Gasteiger partial charge in [0.15, 0.2) is 11.5 Å². The molecule has 2 aromatic rings. The van der Waals surface area contributed by atoms with Crippen LogP contribution in [0.3, 0.4) is 0 Å². The monoisotopic (exact) mass is 404 g/mol. The Morgan fingerprint density at radius 2 is 1.96 bits per heavy atom. The molecule has 1 fully saturated rings. The second kappa shape index (κ2) is 9.38. The maximum absolute atomic E-state index is 12.3. The lowest BCUT2D eigenvalue weighted by atomic mass is 9.79. The van der Waals surface area contributed by atoms with Gasteiger partial charge < -0.3 is 14.0 Å². The molecule has 1 heterocycles.